The molecule has 2 atom stereocenters. The number of likely N-dealkylation sites (tertiary alicyclic amines) is 1. The van der Waals surface area contributed by atoms with Crippen molar-refractivity contribution in [1.82, 2.24) is 4.90 Å². The number of hydrogen-bond acceptors (Lipinski definition) is 5. The monoisotopic (exact) mass is 396 g/mol. The zero-order valence-electron chi connectivity index (χ0n) is 16.8. The highest BCUT2D eigenvalue weighted by Gasteiger charge is 2.46. The summed E-state index contributed by atoms with van der Waals surface area (Å²) in [4.78, 5) is 14.7. The van der Waals surface area contributed by atoms with Gasteiger partial charge in [0.05, 0.1) is 18.2 Å². The number of rotatable bonds is 6. The van der Waals surface area contributed by atoms with Gasteiger partial charge in [0.1, 0.15) is 11.5 Å². The van der Waals surface area contributed by atoms with Crippen molar-refractivity contribution in [1.29, 1.82) is 0 Å². The van der Waals surface area contributed by atoms with Gasteiger partial charge in [-0.25, -0.2) is 0 Å². The van der Waals surface area contributed by atoms with E-state index in [0.717, 1.165) is 49.6 Å². The number of amides is 1. The van der Waals surface area contributed by atoms with Gasteiger partial charge >= 0.3 is 0 Å². The van der Waals surface area contributed by atoms with Gasteiger partial charge in [0, 0.05) is 32.5 Å². The molecule has 0 bridgehead atoms. The third-order valence-corrected chi connectivity index (χ3v) is 5.76. The lowest BCUT2D eigenvalue weighted by Crippen LogP contribution is -2.57. The normalized spacial score (nSPS) is 24.5. The Morgan fingerprint density at radius 1 is 1.14 bits per heavy atom. The first-order valence-electron chi connectivity index (χ1n) is 10.2. The largest absolute Gasteiger partial charge is 0.457 e. The van der Waals surface area contributed by atoms with Gasteiger partial charge in [-0.15, -0.1) is 0 Å². The number of methoxy groups -OCH3 is 1. The lowest BCUT2D eigenvalue weighted by Gasteiger charge is -2.44. The number of ether oxygens (including phenoxy) is 3. The number of para-hydroxylation sites is 1. The second-order valence-electron chi connectivity index (χ2n) is 7.71. The Bertz CT molecular complexity index is 803. The standard InChI is InChI=1S/C23H28N2O4/c1-27-21-16-25(14-13-23(21)12-5-15-28-23)17-22(26)24-18-8-10-20(11-9-18)29-19-6-3-2-4-7-19/h2-4,6-11,21H,5,12-17H2,1H3,(H,24,26)/t21-,23+/m1/s1. The maximum atomic E-state index is 12.5. The van der Waals surface area contributed by atoms with Crippen LogP contribution in [0.5, 0.6) is 11.5 Å². The minimum Gasteiger partial charge on any atom is -0.457 e. The van der Waals surface area contributed by atoms with E-state index < -0.39 is 0 Å². The first-order valence-corrected chi connectivity index (χ1v) is 10.2. The van der Waals surface area contributed by atoms with Crippen LogP contribution in [0.1, 0.15) is 19.3 Å². The molecule has 2 heterocycles. The highest BCUT2D eigenvalue weighted by atomic mass is 16.5. The molecule has 154 valence electrons. The molecule has 2 aromatic rings. The second kappa shape index (κ2) is 8.95. The topological polar surface area (TPSA) is 60.0 Å². The number of nitrogens with one attached hydrogen (secondary N) is 1. The number of benzene rings is 2. The number of anilines is 1. The lowest BCUT2D eigenvalue weighted by atomic mass is 9.86. The van der Waals surface area contributed by atoms with Gasteiger partial charge in [0.15, 0.2) is 0 Å². The quantitative estimate of drug-likeness (QED) is 0.807. The van der Waals surface area contributed by atoms with Gasteiger partial charge in [-0.05, 0) is 55.7 Å². The molecule has 1 N–H and O–H groups in total. The maximum Gasteiger partial charge on any atom is 0.238 e. The van der Waals surface area contributed by atoms with Crippen LogP contribution in [0.15, 0.2) is 54.6 Å². The second-order valence-corrected chi connectivity index (χ2v) is 7.71. The van der Waals surface area contributed by atoms with Gasteiger partial charge in [-0.1, -0.05) is 18.2 Å². The molecule has 4 rings (SSSR count). The van der Waals surface area contributed by atoms with Crippen molar-refractivity contribution in [2.24, 2.45) is 0 Å². The molecule has 0 saturated carbocycles. The number of carbonyl (C=O) groups excluding carboxylic acids is 1. The SMILES string of the molecule is CO[C@@H]1CN(CC(=O)Nc2ccc(Oc3ccccc3)cc2)CC[C@@]12CCCO2. The van der Waals surface area contributed by atoms with Crippen molar-refractivity contribution in [2.45, 2.75) is 31.0 Å². The van der Waals surface area contributed by atoms with Gasteiger partial charge < -0.3 is 19.5 Å². The average Bonchev–Trinajstić information content (AvgIpc) is 3.21. The van der Waals surface area contributed by atoms with E-state index in [1.807, 2.05) is 54.6 Å². The first kappa shape index (κ1) is 19.9. The number of hydrogen-bond donors (Lipinski definition) is 1. The van der Waals surface area contributed by atoms with E-state index in [2.05, 4.69) is 10.2 Å². The van der Waals surface area contributed by atoms with E-state index in [1.54, 1.807) is 7.11 Å². The summed E-state index contributed by atoms with van der Waals surface area (Å²) < 4.78 is 17.5. The number of carbonyl (C=O) groups is 1. The average molecular weight is 396 g/mol. The van der Waals surface area contributed by atoms with Crippen LogP contribution < -0.4 is 10.1 Å². The molecule has 0 aliphatic carbocycles. The Balaban J connectivity index is 1.28. The van der Waals surface area contributed by atoms with Crippen molar-refractivity contribution in [2.75, 3.05) is 38.7 Å². The van der Waals surface area contributed by atoms with Crippen LogP contribution in [-0.4, -0.2) is 55.9 Å². The minimum absolute atomic E-state index is 0.0148. The third kappa shape index (κ3) is 4.78. The van der Waals surface area contributed by atoms with Gasteiger partial charge in [-0.2, -0.15) is 0 Å². The third-order valence-electron chi connectivity index (χ3n) is 5.76. The van der Waals surface area contributed by atoms with Crippen LogP contribution in [-0.2, 0) is 14.3 Å². The highest BCUT2D eigenvalue weighted by molar-refractivity contribution is 5.92. The molecule has 6 heteroatoms. The molecular weight excluding hydrogens is 368 g/mol. The molecule has 1 spiro atoms. The van der Waals surface area contributed by atoms with Crippen LogP contribution >= 0.6 is 0 Å². The molecule has 2 aromatic carbocycles. The molecule has 2 saturated heterocycles. The lowest BCUT2D eigenvalue weighted by molar-refractivity contribution is -0.145. The molecule has 1 amide bonds. The Morgan fingerprint density at radius 2 is 1.90 bits per heavy atom. The Labute approximate surface area is 171 Å². The summed E-state index contributed by atoms with van der Waals surface area (Å²) in [5, 5.41) is 2.97. The van der Waals surface area contributed by atoms with Crippen LogP contribution in [0.25, 0.3) is 0 Å². The fraction of sp³-hybridized carbons (Fsp3) is 0.435. The Kier molecular flexibility index (Phi) is 6.13. The molecule has 2 aliphatic heterocycles. The molecule has 6 nitrogen and oxygen atoms in total. The predicted octanol–water partition coefficient (Wildman–Crippen LogP) is 3.69. The molecule has 0 aromatic heterocycles. The van der Waals surface area contributed by atoms with Crippen LogP contribution in [0.2, 0.25) is 0 Å². The smallest absolute Gasteiger partial charge is 0.238 e. The van der Waals surface area contributed by atoms with Crippen molar-refractivity contribution < 1.29 is 19.0 Å². The van der Waals surface area contributed by atoms with Crippen LogP contribution in [0.3, 0.4) is 0 Å². The molecule has 29 heavy (non-hydrogen) atoms. The van der Waals surface area contributed by atoms with E-state index in [9.17, 15) is 4.79 Å². The van der Waals surface area contributed by atoms with E-state index in [4.69, 9.17) is 14.2 Å². The zero-order valence-corrected chi connectivity index (χ0v) is 16.8. The van der Waals surface area contributed by atoms with E-state index in [0.29, 0.717) is 13.1 Å². The van der Waals surface area contributed by atoms with Crippen molar-refractivity contribution in [3.8, 4) is 11.5 Å². The molecule has 0 unspecified atom stereocenters. The fourth-order valence-corrected chi connectivity index (χ4v) is 4.24. The predicted molar refractivity (Wildman–Crippen MR) is 111 cm³/mol. The highest BCUT2D eigenvalue weighted by Crippen LogP contribution is 2.37. The van der Waals surface area contributed by atoms with Gasteiger partial charge in [0.2, 0.25) is 5.91 Å². The Morgan fingerprint density at radius 3 is 2.59 bits per heavy atom. The number of nitrogens with zero attached hydrogens (tertiary/aromatic N) is 1. The summed E-state index contributed by atoms with van der Waals surface area (Å²) >= 11 is 0. The van der Waals surface area contributed by atoms with Crippen molar-refractivity contribution in [3.63, 3.8) is 0 Å². The van der Waals surface area contributed by atoms with E-state index in [1.165, 1.54) is 0 Å². The van der Waals surface area contributed by atoms with Gasteiger partial charge in [-0.3, -0.25) is 9.69 Å². The summed E-state index contributed by atoms with van der Waals surface area (Å²) in [6, 6.07) is 17.0. The van der Waals surface area contributed by atoms with Crippen LogP contribution in [0, 0.1) is 0 Å². The van der Waals surface area contributed by atoms with Crippen molar-refractivity contribution in [3.05, 3.63) is 54.6 Å². The summed E-state index contributed by atoms with van der Waals surface area (Å²) in [6.07, 6.45) is 3.05. The fourth-order valence-electron chi connectivity index (χ4n) is 4.24. The van der Waals surface area contributed by atoms with E-state index >= 15 is 0 Å². The summed E-state index contributed by atoms with van der Waals surface area (Å²) in [5.74, 6) is 1.49. The maximum absolute atomic E-state index is 12.5. The van der Waals surface area contributed by atoms with Gasteiger partial charge in [0.25, 0.3) is 0 Å². The summed E-state index contributed by atoms with van der Waals surface area (Å²) in [6.45, 7) is 2.72. The zero-order chi connectivity index (χ0) is 20.1. The molecule has 2 aliphatic rings. The Hall–Kier alpha value is -2.41. The molecular formula is C23H28N2O4. The van der Waals surface area contributed by atoms with Crippen molar-refractivity contribution >= 4 is 11.6 Å². The summed E-state index contributed by atoms with van der Waals surface area (Å²) in [5.41, 5.74) is 0.599. The molecule has 2 fully saturated rings. The molecule has 0 radical (unpaired) electrons. The van der Waals surface area contributed by atoms with E-state index in [-0.39, 0.29) is 17.6 Å². The van der Waals surface area contributed by atoms with Crippen LogP contribution in [0.4, 0.5) is 5.69 Å². The summed E-state index contributed by atoms with van der Waals surface area (Å²) in [7, 11) is 1.73. The minimum atomic E-state index is -0.156. The number of piperidine rings is 1. The first-order chi connectivity index (χ1) is 14.2.